The maximum atomic E-state index is 12.4. The molecule has 0 fully saturated rings. The molecule has 0 saturated heterocycles. The fraction of sp³-hybridized carbons (Fsp3) is 0.263. The molecule has 1 aromatic carbocycles. The lowest BCUT2D eigenvalue weighted by Gasteiger charge is -2.14. The Balaban J connectivity index is 2.44. The van der Waals surface area contributed by atoms with Crippen molar-refractivity contribution in [2.75, 3.05) is 6.61 Å². The zero-order chi connectivity index (χ0) is 19.1. The average molecular weight is 378 g/mol. The van der Waals surface area contributed by atoms with Crippen LogP contribution < -0.4 is 15.8 Å². The number of allylic oxidation sites excluding steroid dienone is 1. The zero-order valence-electron chi connectivity index (χ0n) is 14.8. The fourth-order valence-electron chi connectivity index (χ4n) is 2.16. The highest BCUT2D eigenvalue weighted by Crippen LogP contribution is 2.24. The van der Waals surface area contributed by atoms with E-state index >= 15 is 0 Å². The van der Waals surface area contributed by atoms with Crippen LogP contribution in [0.25, 0.3) is 5.70 Å². The molecule has 0 saturated carbocycles. The summed E-state index contributed by atoms with van der Waals surface area (Å²) in [6, 6.07) is 7.80. The van der Waals surface area contributed by atoms with Gasteiger partial charge in [0.15, 0.2) is 5.75 Å². The second-order valence-corrected chi connectivity index (χ2v) is 5.66. The van der Waals surface area contributed by atoms with Gasteiger partial charge < -0.3 is 9.15 Å². The predicted molar refractivity (Wildman–Crippen MR) is 99.2 cm³/mol. The van der Waals surface area contributed by atoms with Crippen molar-refractivity contribution >= 4 is 23.3 Å². The maximum Gasteiger partial charge on any atom is 0.349 e. The van der Waals surface area contributed by atoms with Crippen LogP contribution in [0.15, 0.2) is 45.6 Å². The molecule has 2 aromatic rings. The Morgan fingerprint density at radius 1 is 1.27 bits per heavy atom. The van der Waals surface area contributed by atoms with E-state index in [0.29, 0.717) is 35.1 Å². The van der Waals surface area contributed by atoms with Crippen molar-refractivity contribution in [2.24, 2.45) is 0 Å². The number of hydroxylamine groups is 1. The molecule has 1 N–H and O–H groups in total. The van der Waals surface area contributed by atoms with Crippen LogP contribution >= 0.6 is 11.6 Å². The van der Waals surface area contributed by atoms with Crippen LogP contribution in [0.3, 0.4) is 0 Å². The van der Waals surface area contributed by atoms with Crippen molar-refractivity contribution in [3.63, 3.8) is 0 Å². The first-order valence-corrected chi connectivity index (χ1v) is 8.57. The predicted octanol–water partition coefficient (Wildman–Crippen LogP) is 3.98. The quantitative estimate of drug-likeness (QED) is 0.581. The van der Waals surface area contributed by atoms with E-state index < -0.39 is 11.6 Å². The fourth-order valence-corrected chi connectivity index (χ4v) is 2.29. The minimum absolute atomic E-state index is 0.0838. The summed E-state index contributed by atoms with van der Waals surface area (Å²) in [6.45, 7) is 5.73. The van der Waals surface area contributed by atoms with Crippen molar-refractivity contribution in [1.82, 2.24) is 5.48 Å². The van der Waals surface area contributed by atoms with Gasteiger partial charge >= 0.3 is 11.6 Å². The van der Waals surface area contributed by atoms with Crippen LogP contribution in [0.1, 0.15) is 42.5 Å². The summed E-state index contributed by atoms with van der Waals surface area (Å²) in [5.41, 5.74) is 2.79. The van der Waals surface area contributed by atoms with Crippen molar-refractivity contribution in [1.29, 1.82) is 0 Å². The molecular weight excluding hydrogens is 358 g/mol. The van der Waals surface area contributed by atoms with Crippen LogP contribution in [0.5, 0.6) is 5.75 Å². The molecule has 0 amide bonds. The molecule has 0 bridgehead atoms. The standard InChI is InChI=1S/C19H20ClNO5/c1-4-14-11-16(26-18(22)12-7-9-13(20)10-8-12)17(19(23)25-14)15(5-2)21-24-6-3/h5,7-11,21H,4,6H2,1-3H3. The third kappa shape index (κ3) is 4.74. The summed E-state index contributed by atoms with van der Waals surface area (Å²) in [4.78, 5) is 30.0. The first-order valence-electron chi connectivity index (χ1n) is 8.19. The number of aryl methyl sites for hydroxylation is 1. The van der Waals surface area contributed by atoms with Gasteiger partial charge in [0.1, 0.15) is 11.3 Å². The van der Waals surface area contributed by atoms with Crippen LogP contribution in [0.2, 0.25) is 5.02 Å². The summed E-state index contributed by atoms with van der Waals surface area (Å²) in [6.07, 6.45) is 2.11. The number of hydrogen-bond donors (Lipinski definition) is 1. The summed E-state index contributed by atoms with van der Waals surface area (Å²) in [7, 11) is 0. The molecule has 7 heteroatoms. The highest BCUT2D eigenvalue weighted by Gasteiger charge is 2.20. The van der Waals surface area contributed by atoms with Gasteiger partial charge in [0.05, 0.1) is 17.9 Å². The van der Waals surface area contributed by atoms with E-state index in [4.69, 9.17) is 25.6 Å². The van der Waals surface area contributed by atoms with E-state index in [1.165, 1.54) is 6.07 Å². The van der Waals surface area contributed by atoms with Crippen molar-refractivity contribution in [3.05, 3.63) is 68.7 Å². The smallest absolute Gasteiger partial charge is 0.349 e. The van der Waals surface area contributed by atoms with Gasteiger partial charge in [-0.3, -0.25) is 10.3 Å². The molecule has 0 aliphatic carbocycles. The Morgan fingerprint density at radius 3 is 2.54 bits per heavy atom. The minimum Gasteiger partial charge on any atom is -0.427 e. The van der Waals surface area contributed by atoms with Crippen molar-refractivity contribution < 1.29 is 18.8 Å². The Morgan fingerprint density at radius 2 is 1.96 bits per heavy atom. The Kier molecular flexibility index (Phi) is 7.00. The van der Waals surface area contributed by atoms with Gasteiger partial charge in [-0.05, 0) is 38.1 Å². The van der Waals surface area contributed by atoms with Gasteiger partial charge in [-0.25, -0.2) is 9.59 Å². The minimum atomic E-state index is -0.622. The van der Waals surface area contributed by atoms with Crippen molar-refractivity contribution in [2.45, 2.75) is 27.2 Å². The zero-order valence-corrected chi connectivity index (χ0v) is 15.6. The average Bonchev–Trinajstić information content (AvgIpc) is 2.64. The van der Waals surface area contributed by atoms with Gasteiger partial charge in [0, 0.05) is 17.5 Å². The third-order valence-corrected chi connectivity index (χ3v) is 3.73. The summed E-state index contributed by atoms with van der Waals surface area (Å²) < 4.78 is 10.7. The SMILES string of the molecule is CC=C(NOCC)c1c(OC(=O)c2ccc(Cl)cc2)cc(CC)oc1=O. The Hall–Kier alpha value is -2.57. The molecule has 0 atom stereocenters. The number of rotatable bonds is 7. The first kappa shape index (κ1) is 19.8. The second kappa shape index (κ2) is 9.22. The van der Waals surface area contributed by atoms with E-state index in [2.05, 4.69) is 5.48 Å². The van der Waals surface area contributed by atoms with E-state index in [9.17, 15) is 9.59 Å². The summed E-state index contributed by atoms with van der Waals surface area (Å²) in [5.74, 6) is -0.106. The number of halogens is 1. The number of benzene rings is 1. The lowest BCUT2D eigenvalue weighted by Crippen LogP contribution is -2.21. The van der Waals surface area contributed by atoms with Gasteiger partial charge in [-0.15, -0.1) is 0 Å². The number of esters is 1. The number of nitrogens with one attached hydrogen (secondary N) is 1. The van der Waals surface area contributed by atoms with Gasteiger partial charge in [0.25, 0.3) is 0 Å². The molecule has 1 aromatic heterocycles. The first-order chi connectivity index (χ1) is 12.5. The Labute approximate surface area is 156 Å². The van der Waals surface area contributed by atoms with E-state index in [1.807, 2.05) is 6.92 Å². The number of carbonyl (C=O) groups is 1. The highest BCUT2D eigenvalue weighted by molar-refractivity contribution is 6.30. The normalized spacial score (nSPS) is 11.3. The molecule has 6 nitrogen and oxygen atoms in total. The summed E-state index contributed by atoms with van der Waals surface area (Å²) in [5, 5.41) is 0.507. The van der Waals surface area contributed by atoms with E-state index in [-0.39, 0.29) is 11.3 Å². The highest BCUT2D eigenvalue weighted by atomic mass is 35.5. The number of carbonyl (C=O) groups excluding carboxylic acids is 1. The van der Waals surface area contributed by atoms with Crippen molar-refractivity contribution in [3.8, 4) is 5.75 Å². The molecule has 0 unspecified atom stereocenters. The molecule has 0 aliphatic heterocycles. The number of hydrogen-bond acceptors (Lipinski definition) is 6. The second-order valence-electron chi connectivity index (χ2n) is 5.23. The maximum absolute atomic E-state index is 12.4. The molecule has 0 aliphatic rings. The topological polar surface area (TPSA) is 77.8 Å². The molecule has 2 rings (SSSR count). The monoisotopic (exact) mass is 377 g/mol. The van der Waals surface area contributed by atoms with Gasteiger partial charge in [0.2, 0.25) is 0 Å². The van der Waals surface area contributed by atoms with Crippen LogP contribution in [-0.2, 0) is 11.3 Å². The lowest BCUT2D eigenvalue weighted by atomic mass is 10.1. The lowest BCUT2D eigenvalue weighted by molar-refractivity contribution is 0.0729. The van der Waals surface area contributed by atoms with Crippen LogP contribution in [0, 0.1) is 0 Å². The molecular formula is C19H20ClNO5. The van der Waals surface area contributed by atoms with E-state index in [0.717, 1.165) is 0 Å². The Bertz CT molecular complexity index is 855. The molecule has 26 heavy (non-hydrogen) atoms. The molecule has 138 valence electrons. The summed E-state index contributed by atoms with van der Waals surface area (Å²) >= 11 is 5.84. The number of ether oxygens (including phenoxy) is 1. The van der Waals surface area contributed by atoms with Gasteiger partial charge in [-0.1, -0.05) is 24.6 Å². The third-order valence-electron chi connectivity index (χ3n) is 3.48. The molecule has 0 spiro atoms. The molecule has 0 radical (unpaired) electrons. The van der Waals surface area contributed by atoms with Crippen LogP contribution in [0.4, 0.5) is 0 Å². The molecule has 1 heterocycles. The van der Waals surface area contributed by atoms with Crippen LogP contribution in [-0.4, -0.2) is 12.6 Å². The van der Waals surface area contributed by atoms with Gasteiger partial charge in [-0.2, -0.15) is 0 Å². The van der Waals surface area contributed by atoms with E-state index in [1.54, 1.807) is 44.2 Å². The largest absolute Gasteiger partial charge is 0.427 e.